The lowest BCUT2D eigenvalue weighted by Crippen LogP contribution is -2.21. The largest absolute Gasteiger partial charge is 0.485 e. The highest BCUT2D eigenvalue weighted by Gasteiger charge is 2.27. The summed E-state index contributed by atoms with van der Waals surface area (Å²) in [6.07, 6.45) is 0.525. The summed E-state index contributed by atoms with van der Waals surface area (Å²) in [5, 5.41) is 20.5. The van der Waals surface area contributed by atoms with Gasteiger partial charge < -0.3 is 14.9 Å². The van der Waals surface area contributed by atoms with Crippen molar-refractivity contribution in [1.29, 1.82) is 0 Å². The first-order chi connectivity index (χ1) is 16.4. The molecule has 0 spiro atoms. The van der Waals surface area contributed by atoms with Gasteiger partial charge in [-0.25, -0.2) is 13.8 Å². The summed E-state index contributed by atoms with van der Waals surface area (Å²) in [4.78, 5) is 17.6. The van der Waals surface area contributed by atoms with Crippen LogP contribution in [0.5, 0.6) is 5.75 Å². The molecule has 2 atom stereocenters. The van der Waals surface area contributed by atoms with Crippen molar-refractivity contribution in [3.8, 4) is 5.75 Å². The molecule has 176 valence electrons. The number of hydrogen-bond acceptors (Lipinski definition) is 5. The van der Waals surface area contributed by atoms with E-state index in [1.54, 1.807) is 53.9 Å². The molecule has 2 N–H and O–H groups in total. The zero-order chi connectivity index (χ0) is 24.2. The van der Waals surface area contributed by atoms with Gasteiger partial charge in [0, 0.05) is 25.1 Å². The number of ether oxygens (including phenoxy) is 1. The molecule has 0 amide bonds. The molecule has 8 heteroatoms. The molecule has 0 saturated carbocycles. The van der Waals surface area contributed by atoms with E-state index in [0.717, 1.165) is 12.1 Å². The summed E-state index contributed by atoms with van der Waals surface area (Å²) in [5.74, 6) is -2.18. The van der Waals surface area contributed by atoms with E-state index >= 15 is 0 Å². The Morgan fingerprint density at radius 2 is 1.76 bits per heavy atom. The van der Waals surface area contributed by atoms with E-state index in [1.807, 2.05) is 6.07 Å². The van der Waals surface area contributed by atoms with Crippen molar-refractivity contribution < 1.29 is 28.5 Å². The Kier molecular flexibility index (Phi) is 7.00. The van der Waals surface area contributed by atoms with Gasteiger partial charge in [-0.2, -0.15) is 0 Å². The number of halogens is 2. The average Bonchev–Trinajstić information content (AvgIpc) is 3.18. The highest BCUT2D eigenvalue weighted by Crippen LogP contribution is 2.29. The quantitative estimate of drug-likeness (QED) is 0.357. The number of ketones is 1. The number of Topliss-reactive ketones (excluding diaryl/α,β-unsaturated/α-hetero) is 1. The molecule has 0 fully saturated rings. The zero-order valence-corrected chi connectivity index (χ0v) is 18.5. The number of nitrogens with zero attached hydrogens (tertiary/aromatic N) is 2. The second kappa shape index (κ2) is 10.1. The molecule has 0 bridgehead atoms. The van der Waals surface area contributed by atoms with E-state index < -0.39 is 23.7 Å². The van der Waals surface area contributed by atoms with Crippen LogP contribution in [0, 0.1) is 24.5 Å². The maximum Gasteiger partial charge on any atom is 0.181 e. The van der Waals surface area contributed by atoms with Crippen LogP contribution in [0.3, 0.4) is 0 Å². The Balaban J connectivity index is 1.58. The van der Waals surface area contributed by atoms with E-state index in [0.29, 0.717) is 16.9 Å². The molecule has 4 rings (SSSR count). The summed E-state index contributed by atoms with van der Waals surface area (Å²) in [7, 11) is 0. The first kappa shape index (κ1) is 23.5. The third-order valence-electron chi connectivity index (χ3n) is 5.76. The van der Waals surface area contributed by atoms with E-state index in [-0.39, 0.29) is 42.4 Å². The van der Waals surface area contributed by atoms with Crippen LogP contribution in [-0.2, 0) is 6.61 Å². The van der Waals surface area contributed by atoms with Gasteiger partial charge in [0.05, 0.1) is 17.4 Å². The number of fused-ring (bicyclic) bond motifs is 1. The fourth-order valence-corrected chi connectivity index (χ4v) is 3.96. The van der Waals surface area contributed by atoms with Gasteiger partial charge in [-0.1, -0.05) is 36.4 Å². The average molecular weight is 466 g/mol. The van der Waals surface area contributed by atoms with Crippen molar-refractivity contribution in [3.63, 3.8) is 0 Å². The van der Waals surface area contributed by atoms with Crippen LogP contribution in [0.2, 0.25) is 0 Å². The van der Waals surface area contributed by atoms with Crippen LogP contribution in [0.25, 0.3) is 5.65 Å². The fourth-order valence-electron chi connectivity index (χ4n) is 3.96. The molecule has 0 aliphatic carbocycles. The van der Waals surface area contributed by atoms with Crippen molar-refractivity contribution in [3.05, 3.63) is 101 Å². The number of carbonyl (C=O) groups is 1. The first-order valence-electron chi connectivity index (χ1n) is 10.8. The lowest BCUT2D eigenvalue weighted by molar-refractivity contribution is 0.0549. The van der Waals surface area contributed by atoms with Gasteiger partial charge >= 0.3 is 0 Å². The van der Waals surface area contributed by atoms with Crippen LogP contribution in [-0.4, -0.2) is 32.0 Å². The standard InChI is InChI=1S/C26H24F2N2O4/c1-16-24(22(32)13-18(14-31)25(33)17-7-3-2-4-8-17)30-12-6-11-23(26(30)29-16)34-15-19-20(27)9-5-10-21(19)28/h2-12,18,25,31,33H,13-15H2,1H3/t18-,25-/m0/s1. The minimum Gasteiger partial charge on any atom is -0.485 e. The molecule has 2 aromatic carbocycles. The summed E-state index contributed by atoms with van der Waals surface area (Å²) in [6.45, 7) is 0.950. The number of benzene rings is 2. The van der Waals surface area contributed by atoms with Crippen molar-refractivity contribution >= 4 is 11.4 Å². The monoisotopic (exact) mass is 466 g/mol. The SMILES string of the molecule is Cc1nc2c(OCc3c(F)cccc3F)cccn2c1C(=O)C[C@@H](CO)[C@@H](O)c1ccccc1. The van der Waals surface area contributed by atoms with Gasteiger partial charge in [-0.15, -0.1) is 0 Å². The van der Waals surface area contributed by atoms with Crippen molar-refractivity contribution in [2.45, 2.75) is 26.1 Å². The Labute approximate surface area is 195 Å². The van der Waals surface area contributed by atoms with Gasteiger partial charge in [0.2, 0.25) is 0 Å². The van der Waals surface area contributed by atoms with Gasteiger partial charge in [0.25, 0.3) is 0 Å². The fraction of sp³-hybridized carbons (Fsp3) is 0.231. The molecule has 0 aliphatic heterocycles. The summed E-state index contributed by atoms with van der Waals surface area (Å²) in [6, 6.07) is 15.7. The van der Waals surface area contributed by atoms with Crippen LogP contribution >= 0.6 is 0 Å². The first-order valence-corrected chi connectivity index (χ1v) is 10.8. The third-order valence-corrected chi connectivity index (χ3v) is 5.76. The Morgan fingerprint density at radius 1 is 1.06 bits per heavy atom. The molecule has 6 nitrogen and oxygen atoms in total. The second-order valence-electron chi connectivity index (χ2n) is 8.03. The van der Waals surface area contributed by atoms with Gasteiger partial charge in [-0.3, -0.25) is 9.20 Å². The topological polar surface area (TPSA) is 84.1 Å². The van der Waals surface area contributed by atoms with Gasteiger partial charge in [-0.05, 0) is 36.8 Å². The van der Waals surface area contributed by atoms with Gasteiger partial charge in [0.1, 0.15) is 23.9 Å². The Bertz CT molecular complexity index is 1290. The minimum absolute atomic E-state index is 0.104. The van der Waals surface area contributed by atoms with Crippen LogP contribution in [0.1, 0.15) is 39.8 Å². The summed E-state index contributed by atoms with van der Waals surface area (Å²) < 4.78 is 35.1. The second-order valence-corrected chi connectivity index (χ2v) is 8.03. The lowest BCUT2D eigenvalue weighted by atomic mass is 9.91. The number of pyridine rings is 1. The van der Waals surface area contributed by atoms with Crippen molar-refractivity contribution in [1.82, 2.24) is 9.38 Å². The van der Waals surface area contributed by atoms with Crippen molar-refractivity contribution in [2.75, 3.05) is 6.61 Å². The normalized spacial score (nSPS) is 13.1. The number of rotatable bonds is 9. The molecule has 0 unspecified atom stereocenters. The van der Waals surface area contributed by atoms with Crippen LogP contribution < -0.4 is 4.74 Å². The number of aryl methyl sites for hydroxylation is 1. The molecule has 0 radical (unpaired) electrons. The maximum atomic E-state index is 14.0. The van der Waals surface area contributed by atoms with Crippen LogP contribution in [0.15, 0.2) is 66.9 Å². The lowest BCUT2D eigenvalue weighted by Gasteiger charge is -2.20. The number of aliphatic hydroxyl groups excluding tert-OH is 2. The highest BCUT2D eigenvalue weighted by molar-refractivity contribution is 5.97. The molecular weight excluding hydrogens is 442 g/mol. The van der Waals surface area contributed by atoms with Crippen LogP contribution in [0.4, 0.5) is 8.78 Å². The van der Waals surface area contributed by atoms with E-state index in [4.69, 9.17) is 4.74 Å². The number of carbonyl (C=O) groups excluding carboxylic acids is 1. The number of aliphatic hydroxyl groups is 2. The van der Waals surface area contributed by atoms with Crippen molar-refractivity contribution in [2.24, 2.45) is 5.92 Å². The van der Waals surface area contributed by atoms with E-state index in [9.17, 15) is 23.8 Å². The molecule has 34 heavy (non-hydrogen) atoms. The highest BCUT2D eigenvalue weighted by atomic mass is 19.1. The van der Waals surface area contributed by atoms with E-state index in [1.165, 1.54) is 6.07 Å². The smallest absolute Gasteiger partial charge is 0.181 e. The number of aromatic nitrogens is 2. The molecular formula is C26H24F2N2O4. The minimum atomic E-state index is -1.01. The predicted octanol–water partition coefficient (Wildman–Crippen LogP) is 4.41. The molecule has 2 aromatic heterocycles. The summed E-state index contributed by atoms with van der Waals surface area (Å²) >= 11 is 0. The molecule has 4 aromatic rings. The van der Waals surface area contributed by atoms with Gasteiger partial charge in [0.15, 0.2) is 17.2 Å². The molecule has 2 heterocycles. The maximum absolute atomic E-state index is 14.0. The third kappa shape index (κ3) is 4.69. The summed E-state index contributed by atoms with van der Waals surface area (Å²) in [5.41, 5.74) is 1.45. The molecule has 0 saturated heterocycles. The number of hydrogen-bond donors (Lipinski definition) is 2. The Hall–Kier alpha value is -3.62. The zero-order valence-electron chi connectivity index (χ0n) is 18.5. The van der Waals surface area contributed by atoms with E-state index in [2.05, 4.69) is 4.98 Å². The predicted molar refractivity (Wildman–Crippen MR) is 122 cm³/mol. The number of imidazole rings is 1. The Morgan fingerprint density at radius 3 is 2.44 bits per heavy atom. The molecule has 0 aliphatic rings.